The van der Waals surface area contributed by atoms with Gasteiger partial charge in [0.15, 0.2) is 0 Å². The molecule has 1 heterocycles. The Hall–Kier alpha value is -2.17. The molecule has 24 heavy (non-hydrogen) atoms. The van der Waals surface area contributed by atoms with E-state index in [1.807, 2.05) is 30.3 Å². The van der Waals surface area contributed by atoms with Crippen molar-refractivity contribution in [3.05, 3.63) is 66.2 Å². The van der Waals surface area contributed by atoms with E-state index < -0.39 is 0 Å². The van der Waals surface area contributed by atoms with Crippen LogP contribution in [-0.4, -0.2) is 38.6 Å². The summed E-state index contributed by atoms with van der Waals surface area (Å²) in [4.78, 5) is 15.2. The fourth-order valence-corrected chi connectivity index (χ4v) is 3.30. The Kier molecular flexibility index (Phi) is 5.99. The zero-order chi connectivity index (χ0) is 16.6. The van der Waals surface area contributed by atoms with Crippen molar-refractivity contribution in [2.45, 2.75) is 13.0 Å². The van der Waals surface area contributed by atoms with Crippen LogP contribution in [-0.2, 0) is 11.3 Å². The van der Waals surface area contributed by atoms with Gasteiger partial charge in [0.05, 0.1) is 13.0 Å². The molecule has 0 unspecified atom stereocenters. The van der Waals surface area contributed by atoms with Crippen molar-refractivity contribution < 1.29 is 14.6 Å². The Morgan fingerprint density at radius 1 is 0.833 bits per heavy atom. The molecule has 0 bridgehead atoms. The summed E-state index contributed by atoms with van der Waals surface area (Å²) in [6.07, 6.45) is 0.595. The van der Waals surface area contributed by atoms with E-state index in [1.165, 1.54) is 18.7 Å². The van der Waals surface area contributed by atoms with E-state index in [4.69, 9.17) is 0 Å². The Morgan fingerprint density at radius 2 is 1.42 bits per heavy atom. The van der Waals surface area contributed by atoms with Crippen LogP contribution in [0.15, 0.2) is 60.7 Å². The summed E-state index contributed by atoms with van der Waals surface area (Å²) in [5.41, 5.74) is 2.30. The third-order valence-electron chi connectivity index (χ3n) is 4.72. The molecule has 4 heteroatoms. The van der Waals surface area contributed by atoms with Gasteiger partial charge in [0.2, 0.25) is 5.91 Å². The van der Waals surface area contributed by atoms with Crippen molar-refractivity contribution >= 4 is 11.6 Å². The lowest BCUT2D eigenvalue weighted by Crippen LogP contribution is -3.27. The standard InChI is InChI=1S/C20H25N3O/c24-20(21-19-9-5-2-6-10-19)11-12-22-13-15-23(16-14-22)17-18-7-3-1-4-8-18/h1-10H,11-17H2,(H,21,24)/p+2. The van der Waals surface area contributed by atoms with E-state index in [0.29, 0.717) is 6.42 Å². The summed E-state index contributed by atoms with van der Waals surface area (Å²) in [6.45, 7) is 6.72. The second-order valence-electron chi connectivity index (χ2n) is 6.58. The summed E-state index contributed by atoms with van der Waals surface area (Å²) in [5.74, 6) is 0.118. The Labute approximate surface area is 144 Å². The predicted molar refractivity (Wildman–Crippen MR) is 96.1 cm³/mol. The maximum absolute atomic E-state index is 12.0. The van der Waals surface area contributed by atoms with Crippen molar-refractivity contribution in [3.8, 4) is 0 Å². The average molecular weight is 325 g/mol. The van der Waals surface area contributed by atoms with Crippen molar-refractivity contribution in [3.63, 3.8) is 0 Å². The van der Waals surface area contributed by atoms with Gasteiger partial charge in [-0.25, -0.2) is 0 Å². The molecule has 1 aliphatic heterocycles. The number of hydrogen-bond acceptors (Lipinski definition) is 1. The Bertz CT molecular complexity index is 622. The molecule has 1 saturated heterocycles. The fourth-order valence-electron chi connectivity index (χ4n) is 3.30. The highest BCUT2D eigenvalue weighted by atomic mass is 16.1. The van der Waals surface area contributed by atoms with Gasteiger partial charge in [-0.2, -0.15) is 0 Å². The summed E-state index contributed by atoms with van der Waals surface area (Å²) in [5, 5.41) is 2.97. The molecule has 126 valence electrons. The molecule has 3 N–H and O–H groups in total. The van der Waals surface area contributed by atoms with Crippen molar-refractivity contribution in [1.82, 2.24) is 0 Å². The number of benzene rings is 2. The van der Waals surface area contributed by atoms with Crippen LogP contribution in [0.2, 0.25) is 0 Å². The van der Waals surface area contributed by atoms with Gasteiger partial charge < -0.3 is 15.1 Å². The first-order valence-electron chi connectivity index (χ1n) is 8.85. The highest BCUT2D eigenvalue weighted by molar-refractivity contribution is 5.90. The van der Waals surface area contributed by atoms with E-state index in [1.54, 1.807) is 9.80 Å². The van der Waals surface area contributed by atoms with Crippen LogP contribution in [0.3, 0.4) is 0 Å². The zero-order valence-corrected chi connectivity index (χ0v) is 14.1. The number of carbonyl (C=O) groups is 1. The number of piperazine rings is 1. The number of rotatable bonds is 6. The third kappa shape index (κ3) is 5.18. The molecule has 2 aromatic rings. The van der Waals surface area contributed by atoms with E-state index in [2.05, 4.69) is 35.6 Å². The fraction of sp³-hybridized carbons (Fsp3) is 0.350. The molecule has 1 fully saturated rings. The van der Waals surface area contributed by atoms with E-state index >= 15 is 0 Å². The highest BCUT2D eigenvalue weighted by Gasteiger charge is 2.23. The summed E-state index contributed by atoms with van der Waals surface area (Å²) < 4.78 is 0. The van der Waals surface area contributed by atoms with Gasteiger partial charge in [0.25, 0.3) is 0 Å². The third-order valence-corrected chi connectivity index (χ3v) is 4.72. The number of para-hydroxylation sites is 1. The van der Waals surface area contributed by atoms with Gasteiger partial charge in [0.1, 0.15) is 32.7 Å². The lowest BCUT2D eigenvalue weighted by molar-refractivity contribution is -1.02. The van der Waals surface area contributed by atoms with Crippen LogP contribution in [0.25, 0.3) is 0 Å². The van der Waals surface area contributed by atoms with Crippen LogP contribution in [0.5, 0.6) is 0 Å². The van der Waals surface area contributed by atoms with Crippen LogP contribution in [0.1, 0.15) is 12.0 Å². The molecule has 1 aliphatic rings. The average Bonchev–Trinajstić information content (AvgIpc) is 2.63. The number of hydrogen-bond donors (Lipinski definition) is 3. The Morgan fingerprint density at radius 3 is 2.08 bits per heavy atom. The SMILES string of the molecule is O=C(CC[NH+]1CC[NH+](Cc2ccccc2)CC1)Nc1ccccc1. The zero-order valence-electron chi connectivity index (χ0n) is 14.1. The molecule has 1 amide bonds. The van der Waals surface area contributed by atoms with Gasteiger partial charge >= 0.3 is 0 Å². The van der Waals surface area contributed by atoms with Crippen LogP contribution >= 0.6 is 0 Å². The molecule has 0 atom stereocenters. The van der Waals surface area contributed by atoms with Gasteiger partial charge in [-0.05, 0) is 12.1 Å². The first-order chi connectivity index (χ1) is 11.8. The maximum atomic E-state index is 12.0. The van der Waals surface area contributed by atoms with Crippen LogP contribution < -0.4 is 15.1 Å². The summed E-state index contributed by atoms with van der Waals surface area (Å²) in [7, 11) is 0. The lowest BCUT2D eigenvalue weighted by Gasteiger charge is -2.29. The maximum Gasteiger partial charge on any atom is 0.230 e. The Balaban J connectivity index is 1.36. The van der Waals surface area contributed by atoms with Gasteiger partial charge in [-0.3, -0.25) is 4.79 Å². The summed E-state index contributed by atoms with van der Waals surface area (Å²) in [6, 6.07) is 20.4. The molecular formula is C20H27N3O+2. The van der Waals surface area contributed by atoms with Crippen molar-refractivity contribution in [2.24, 2.45) is 0 Å². The predicted octanol–water partition coefficient (Wildman–Crippen LogP) is -0.00120. The molecular weight excluding hydrogens is 298 g/mol. The quantitative estimate of drug-likeness (QED) is 0.687. The monoisotopic (exact) mass is 325 g/mol. The molecule has 0 spiro atoms. The summed E-state index contributed by atoms with van der Waals surface area (Å²) >= 11 is 0. The minimum Gasteiger partial charge on any atom is -0.326 e. The van der Waals surface area contributed by atoms with Crippen molar-refractivity contribution in [2.75, 3.05) is 38.0 Å². The number of quaternary nitrogens is 2. The van der Waals surface area contributed by atoms with Gasteiger partial charge in [0, 0.05) is 11.3 Å². The first kappa shape index (κ1) is 16.7. The molecule has 4 nitrogen and oxygen atoms in total. The number of anilines is 1. The number of amides is 1. The minimum atomic E-state index is 0.118. The van der Waals surface area contributed by atoms with Crippen molar-refractivity contribution in [1.29, 1.82) is 0 Å². The van der Waals surface area contributed by atoms with E-state index in [-0.39, 0.29) is 5.91 Å². The molecule has 0 aromatic heterocycles. The number of nitrogens with one attached hydrogen (secondary N) is 3. The molecule has 0 aliphatic carbocycles. The molecule has 0 radical (unpaired) electrons. The number of carbonyl (C=O) groups excluding carboxylic acids is 1. The van der Waals surface area contributed by atoms with Crippen LogP contribution in [0, 0.1) is 0 Å². The smallest absolute Gasteiger partial charge is 0.230 e. The normalized spacial score (nSPS) is 20.5. The second kappa shape index (κ2) is 8.62. The van der Waals surface area contributed by atoms with E-state index in [9.17, 15) is 4.79 Å². The topological polar surface area (TPSA) is 38.0 Å². The molecule has 2 aromatic carbocycles. The van der Waals surface area contributed by atoms with E-state index in [0.717, 1.165) is 31.9 Å². The highest BCUT2D eigenvalue weighted by Crippen LogP contribution is 2.04. The second-order valence-corrected chi connectivity index (χ2v) is 6.58. The first-order valence-corrected chi connectivity index (χ1v) is 8.85. The minimum absolute atomic E-state index is 0.118. The lowest BCUT2D eigenvalue weighted by atomic mass is 10.2. The molecule has 0 saturated carbocycles. The largest absolute Gasteiger partial charge is 0.326 e. The van der Waals surface area contributed by atoms with Gasteiger partial charge in [-0.1, -0.05) is 48.5 Å². The van der Waals surface area contributed by atoms with Gasteiger partial charge in [-0.15, -0.1) is 0 Å². The van der Waals surface area contributed by atoms with Crippen LogP contribution in [0.4, 0.5) is 5.69 Å². The molecule has 3 rings (SSSR count).